The van der Waals surface area contributed by atoms with Crippen LogP contribution in [0.4, 0.5) is 5.69 Å². The Labute approximate surface area is 99.9 Å². The molecule has 0 unspecified atom stereocenters. The van der Waals surface area contributed by atoms with Crippen LogP contribution in [0.2, 0.25) is 0 Å². The van der Waals surface area contributed by atoms with Gasteiger partial charge in [-0.25, -0.2) is 9.31 Å². The summed E-state index contributed by atoms with van der Waals surface area (Å²) < 4.78 is 6.17. The van der Waals surface area contributed by atoms with E-state index in [0.29, 0.717) is 22.5 Å². The number of fused-ring (bicyclic) bond motifs is 1. The minimum Gasteiger partial charge on any atom is -0.258 e. The Morgan fingerprint density at radius 3 is 2.67 bits per heavy atom. The van der Waals surface area contributed by atoms with Crippen LogP contribution in [-0.2, 0) is 0 Å². The van der Waals surface area contributed by atoms with Crippen molar-refractivity contribution in [1.29, 1.82) is 0 Å². The number of hydrogen-bond donors (Lipinski definition) is 0. The molecule has 0 saturated heterocycles. The molecule has 0 bridgehead atoms. The molecule has 0 radical (unpaired) electrons. The Bertz CT molecular complexity index is 728. The van der Waals surface area contributed by atoms with Crippen molar-refractivity contribution in [2.75, 3.05) is 0 Å². The second-order valence-corrected chi connectivity index (χ2v) is 3.71. The lowest BCUT2D eigenvalue weighted by molar-refractivity contribution is -0.384. The maximum atomic E-state index is 10.6. The largest absolute Gasteiger partial charge is 0.269 e. The van der Waals surface area contributed by atoms with Gasteiger partial charge in [-0.3, -0.25) is 10.1 Å². The number of aromatic nitrogens is 4. The molecule has 0 fully saturated rings. The molecule has 18 heavy (non-hydrogen) atoms. The molecule has 1 aromatic carbocycles. The van der Waals surface area contributed by atoms with E-state index in [-0.39, 0.29) is 5.69 Å². The van der Waals surface area contributed by atoms with Crippen molar-refractivity contribution in [3.63, 3.8) is 0 Å². The first-order chi connectivity index (χ1) is 8.66. The van der Waals surface area contributed by atoms with E-state index in [4.69, 9.17) is 0 Å². The second kappa shape index (κ2) is 3.62. The Morgan fingerprint density at radius 1 is 1.28 bits per heavy atom. The van der Waals surface area contributed by atoms with E-state index in [2.05, 4.69) is 20.0 Å². The SMILES string of the molecule is Cc1nn(-c2ccc([N+](=O)[O-])cc2)c2nonc12. The van der Waals surface area contributed by atoms with Gasteiger partial charge in [-0.2, -0.15) is 5.10 Å². The average Bonchev–Trinajstić information content (AvgIpc) is 2.94. The van der Waals surface area contributed by atoms with Gasteiger partial charge >= 0.3 is 0 Å². The van der Waals surface area contributed by atoms with Crippen LogP contribution < -0.4 is 0 Å². The van der Waals surface area contributed by atoms with Crippen molar-refractivity contribution in [1.82, 2.24) is 20.1 Å². The lowest BCUT2D eigenvalue weighted by atomic mass is 10.3. The average molecular weight is 245 g/mol. The number of aryl methyl sites for hydroxylation is 1. The summed E-state index contributed by atoms with van der Waals surface area (Å²) in [6.07, 6.45) is 0. The molecule has 3 aromatic rings. The first kappa shape index (κ1) is 10.4. The fraction of sp³-hybridized carbons (Fsp3) is 0.100. The number of nitro groups is 1. The van der Waals surface area contributed by atoms with E-state index in [9.17, 15) is 10.1 Å². The fourth-order valence-electron chi connectivity index (χ4n) is 1.69. The highest BCUT2D eigenvalue weighted by molar-refractivity contribution is 5.74. The molecule has 2 heterocycles. The normalized spacial score (nSPS) is 10.9. The standard InChI is InChI=1S/C10H7N5O3/c1-6-9-10(13-18-12-9)14(11-6)7-2-4-8(5-3-7)15(16)17/h2-5H,1H3. The lowest BCUT2D eigenvalue weighted by Crippen LogP contribution is -1.97. The zero-order valence-corrected chi connectivity index (χ0v) is 9.27. The first-order valence-electron chi connectivity index (χ1n) is 5.09. The molecule has 0 N–H and O–H groups in total. The molecule has 0 spiro atoms. The smallest absolute Gasteiger partial charge is 0.258 e. The van der Waals surface area contributed by atoms with Gasteiger partial charge in [-0.15, -0.1) is 0 Å². The summed E-state index contributed by atoms with van der Waals surface area (Å²) in [5.74, 6) is 0. The van der Waals surface area contributed by atoms with Crippen molar-refractivity contribution in [3.05, 3.63) is 40.1 Å². The zero-order chi connectivity index (χ0) is 12.7. The molecule has 0 aliphatic rings. The van der Waals surface area contributed by atoms with Gasteiger partial charge in [0.25, 0.3) is 5.69 Å². The van der Waals surface area contributed by atoms with Crippen molar-refractivity contribution in [3.8, 4) is 5.69 Å². The molecule has 0 aliphatic heterocycles. The minimum absolute atomic E-state index is 0.0251. The van der Waals surface area contributed by atoms with Gasteiger partial charge in [0.1, 0.15) is 0 Å². The highest BCUT2D eigenvalue weighted by Crippen LogP contribution is 2.20. The van der Waals surface area contributed by atoms with Gasteiger partial charge in [-0.05, 0) is 29.4 Å². The van der Waals surface area contributed by atoms with E-state index in [0.717, 1.165) is 0 Å². The highest BCUT2D eigenvalue weighted by atomic mass is 16.6. The third-order valence-electron chi connectivity index (χ3n) is 2.57. The molecule has 2 aromatic heterocycles. The quantitative estimate of drug-likeness (QED) is 0.502. The molecule has 0 amide bonds. The highest BCUT2D eigenvalue weighted by Gasteiger charge is 2.15. The van der Waals surface area contributed by atoms with Crippen LogP contribution in [0.3, 0.4) is 0 Å². The van der Waals surface area contributed by atoms with Crippen LogP contribution in [0.15, 0.2) is 28.9 Å². The number of nitrogens with zero attached hydrogens (tertiary/aromatic N) is 5. The van der Waals surface area contributed by atoms with E-state index in [1.54, 1.807) is 19.1 Å². The van der Waals surface area contributed by atoms with Crippen molar-refractivity contribution < 1.29 is 9.55 Å². The predicted octanol–water partition coefficient (Wildman–Crippen LogP) is 1.63. The molecule has 90 valence electrons. The van der Waals surface area contributed by atoms with E-state index >= 15 is 0 Å². The molecule has 0 atom stereocenters. The molecule has 0 aliphatic carbocycles. The summed E-state index contributed by atoms with van der Waals surface area (Å²) in [5.41, 5.74) is 2.44. The summed E-state index contributed by atoms with van der Waals surface area (Å²) in [5, 5.41) is 22.3. The first-order valence-corrected chi connectivity index (χ1v) is 5.09. The second-order valence-electron chi connectivity index (χ2n) is 3.71. The molecule has 8 heteroatoms. The van der Waals surface area contributed by atoms with Gasteiger partial charge < -0.3 is 0 Å². The monoisotopic (exact) mass is 245 g/mol. The summed E-state index contributed by atoms with van der Waals surface area (Å²) in [6.45, 7) is 1.79. The maximum Gasteiger partial charge on any atom is 0.269 e. The Morgan fingerprint density at radius 2 is 2.00 bits per heavy atom. The van der Waals surface area contributed by atoms with Gasteiger partial charge in [0, 0.05) is 12.1 Å². The van der Waals surface area contributed by atoms with E-state index in [1.807, 2.05) is 0 Å². The topological polar surface area (TPSA) is 99.9 Å². The lowest BCUT2D eigenvalue weighted by Gasteiger charge is -1.99. The molecule has 0 saturated carbocycles. The van der Waals surface area contributed by atoms with Crippen LogP contribution in [0.5, 0.6) is 0 Å². The number of hydrogen-bond acceptors (Lipinski definition) is 6. The zero-order valence-electron chi connectivity index (χ0n) is 9.27. The number of benzene rings is 1. The third kappa shape index (κ3) is 1.43. The van der Waals surface area contributed by atoms with E-state index < -0.39 is 4.92 Å². The van der Waals surface area contributed by atoms with Crippen LogP contribution in [-0.4, -0.2) is 25.0 Å². The molecular formula is C10H7N5O3. The number of non-ortho nitro benzene ring substituents is 1. The Hall–Kier alpha value is -2.77. The Kier molecular flexibility index (Phi) is 2.09. The van der Waals surface area contributed by atoms with Crippen LogP contribution in [0, 0.1) is 17.0 Å². The number of rotatable bonds is 2. The Balaban J connectivity index is 2.14. The van der Waals surface area contributed by atoms with Gasteiger partial charge in [-0.1, -0.05) is 0 Å². The van der Waals surface area contributed by atoms with Gasteiger partial charge in [0.05, 0.1) is 16.3 Å². The van der Waals surface area contributed by atoms with Crippen LogP contribution >= 0.6 is 0 Å². The minimum atomic E-state index is -0.453. The van der Waals surface area contributed by atoms with Gasteiger partial charge in [0.15, 0.2) is 5.52 Å². The maximum absolute atomic E-state index is 10.6. The van der Waals surface area contributed by atoms with Crippen LogP contribution in [0.25, 0.3) is 16.9 Å². The summed E-state index contributed by atoms with van der Waals surface area (Å²) in [4.78, 5) is 10.1. The van der Waals surface area contributed by atoms with E-state index in [1.165, 1.54) is 16.8 Å². The van der Waals surface area contributed by atoms with Crippen molar-refractivity contribution >= 4 is 16.9 Å². The molecular weight excluding hydrogens is 238 g/mol. The predicted molar refractivity (Wildman–Crippen MR) is 60.3 cm³/mol. The molecule has 8 nitrogen and oxygen atoms in total. The van der Waals surface area contributed by atoms with Crippen molar-refractivity contribution in [2.24, 2.45) is 0 Å². The van der Waals surface area contributed by atoms with Crippen LogP contribution in [0.1, 0.15) is 5.69 Å². The summed E-state index contributed by atoms with van der Waals surface area (Å²) in [6, 6.07) is 6.01. The molecule has 3 rings (SSSR count). The van der Waals surface area contributed by atoms with Crippen molar-refractivity contribution in [2.45, 2.75) is 6.92 Å². The summed E-state index contributed by atoms with van der Waals surface area (Å²) >= 11 is 0. The van der Waals surface area contributed by atoms with Gasteiger partial charge in [0.2, 0.25) is 5.65 Å². The third-order valence-corrected chi connectivity index (χ3v) is 2.57. The summed E-state index contributed by atoms with van der Waals surface area (Å²) in [7, 11) is 0. The fourth-order valence-corrected chi connectivity index (χ4v) is 1.69. The number of nitro benzene ring substituents is 1.